The zero-order chi connectivity index (χ0) is 17.7. The lowest BCUT2D eigenvalue weighted by molar-refractivity contribution is 0.0351. The lowest BCUT2D eigenvalue weighted by Crippen LogP contribution is -2.60. The number of piperidine rings is 3. The van der Waals surface area contributed by atoms with Crippen LogP contribution in [0.3, 0.4) is 0 Å². The van der Waals surface area contributed by atoms with Crippen molar-refractivity contribution >= 4 is 5.82 Å². The first-order chi connectivity index (χ1) is 12.8. The van der Waals surface area contributed by atoms with E-state index >= 15 is 0 Å². The second kappa shape index (κ2) is 6.23. The highest BCUT2D eigenvalue weighted by atomic mass is 16.5. The van der Waals surface area contributed by atoms with Gasteiger partial charge in [-0.3, -0.25) is 9.88 Å². The molecule has 0 spiro atoms. The number of fused-ring (bicyclic) bond motifs is 2. The second-order valence-corrected chi connectivity index (χ2v) is 7.82. The molecule has 0 unspecified atom stereocenters. The highest BCUT2D eigenvalue weighted by Gasteiger charge is 2.54. The molecule has 0 N–H and O–H groups in total. The van der Waals surface area contributed by atoms with E-state index in [1.807, 2.05) is 6.20 Å². The Morgan fingerprint density at radius 3 is 2.58 bits per heavy atom. The summed E-state index contributed by atoms with van der Waals surface area (Å²) in [6.45, 7) is 5.52. The molecule has 4 aliphatic heterocycles. The minimum absolute atomic E-state index is 0.445. The van der Waals surface area contributed by atoms with E-state index in [1.165, 1.54) is 31.5 Å². The molecule has 2 bridgehead atoms. The Balaban J connectivity index is 1.60. The maximum atomic E-state index is 5.72. The van der Waals surface area contributed by atoms with Crippen molar-refractivity contribution in [2.24, 2.45) is 5.92 Å². The summed E-state index contributed by atoms with van der Waals surface area (Å²) in [5, 5.41) is 0. The van der Waals surface area contributed by atoms with Crippen LogP contribution in [0.15, 0.2) is 36.7 Å². The number of aromatic nitrogens is 2. The number of anilines is 1. The van der Waals surface area contributed by atoms with Gasteiger partial charge in [-0.1, -0.05) is 18.2 Å². The van der Waals surface area contributed by atoms with Crippen molar-refractivity contribution in [3.05, 3.63) is 47.9 Å². The molecule has 4 fully saturated rings. The van der Waals surface area contributed by atoms with Gasteiger partial charge in [-0.25, -0.2) is 4.98 Å². The summed E-state index contributed by atoms with van der Waals surface area (Å²) in [6, 6.07) is 9.61. The van der Waals surface area contributed by atoms with Crippen molar-refractivity contribution in [1.82, 2.24) is 14.9 Å². The fourth-order valence-corrected chi connectivity index (χ4v) is 5.59. The molecular weight excluding hydrogens is 324 g/mol. The van der Waals surface area contributed by atoms with E-state index in [0.717, 1.165) is 29.7 Å². The monoisotopic (exact) mass is 350 g/mol. The third-order valence-corrected chi connectivity index (χ3v) is 6.66. The lowest BCUT2D eigenvalue weighted by Gasteiger charge is -2.51. The third kappa shape index (κ3) is 2.33. The summed E-state index contributed by atoms with van der Waals surface area (Å²) in [5.41, 5.74) is 2.37. The topological polar surface area (TPSA) is 41.5 Å². The van der Waals surface area contributed by atoms with Crippen molar-refractivity contribution in [2.75, 3.05) is 31.6 Å². The summed E-state index contributed by atoms with van der Waals surface area (Å²) in [7, 11) is 1.78. The molecule has 0 amide bonds. The van der Waals surface area contributed by atoms with Gasteiger partial charge in [0.25, 0.3) is 0 Å². The lowest BCUT2D eigenvalue weighted by atomic mass is 9.75. The summed E-state index contributed by atoms with van der Waals surface area (Å²) < 4.78 is 5.72. The molecule has 5 heterocycles. The molecule has 0 aliphatic carbocycles. The van der Waals surface area contributed by atoms with E-state index in [1.54, 1.807) is 13.3 Å². The van der Waals surface area contributed by atoms with E-state index in [0.29, 0.717) is 18.0 Å². The van der Waals surface area contributed by atoms with Gasteiger partial charge in [-0.2, -0.15) is 0 Å². The Hall–Kier alpha value is -2.14. The van der Waals surface area contributed by atoms with Crippen LogP contribution in [0.25, 0.3) is 0 Å². The summed E-state index contributed by atoms with van der Waals surface area (Å²) in [4.78, 5) is 14.5. The van der Waals surface area contributed by atoms with Crippen LogP contribution in [0.4, 0.5) is 5.82 Å². The summed E-state index contributed by atoms with van der Waals surface area (Å²) in [6.07, 6.45) is 6.22. The highest BCUT2D eigenvalue weighted by molar-refractivity contribution is 5.51. The van der Waals surface area contributed by atoms with Gasteiger partial charge in [-0.15, -0.1) is 0 Å². The van der Waals surface area contributed by atoms with Crippen LogP contribution in [0.5, 0.6) is 5.75 Å². The number of methoxy groups -OCH3 is 1. The predicted molar refractivity (Wildman–Crippen MR) is 102 cm³/mol. The molecule has 0 radical (unpaired) electrons. The van der Waals surface area contributed by atoms with Crippen LogP contribution in [0, 0.1) is 12.8 Å². The van der Waals surface area contributed by atoms with Gasteiger partial charge in [0.15, 0.2) is 0 Å². The van der Waals surface area contributed by atoms with Crippen molar-refractivity contribution in [2.45, 2.75) is 37.8 Å². The van der Waals surface area contributed by atoms with E-state index in [4.69, 9.17) is 9.72 Å². The smallest absolute Gasteiger partial charge is 0.150 e. The Morgan fingerprint density at radius 1 is 1.04 bits per heavy atom. The van der Waals surface area contributed by atoms with Crippen molar-refractivity contribution < 1.29 is 4.74 Å². The first kappa shape index (κ1) is 16.1. The molecule has 0 saturated carbocycles. The van der Waals surface area contributed by atoms with Crippen molar-refractivity contribution in [3.8, 4) is 5.75 Å². The van der Waals surface area contributed by atoms with Crippen LogP contribution < -0.4 is 9.64 Å². The number of para-hydroxylation sites is 1. The molecule has 6 rings (SSSR count). The Labute approximate surface area is 155 Å². The fraction of sp³-hybridized carbons (Fsp3) is 0.524. The van der Waals surface area contributed by atoms with Gasteiger partial charge in [-0.05, 0) is 44.8 Å². The number of rotatable bonds is 3. The zero-order valence-electron chi connectivity index (χ0n) is 15.5. The predicted octanol–water partition coefficient (Wildman–Crippen LogP) is 2.86. The molecule has 5 nitrogen and oxygen atoms in total. The number of hydrogen-bond donors (Lipinski definition) is 0. The number of ether oxygens (including phenoxy) is 1. The largest absolute Gasteiger partial charge is 0.496 e. The maximum Gasteiger partial charge on any atom is 0.150 e. The Morgan fingerprint density at radius 2 is 1.81 bits per heavy atom. The maximum absolute atomic E-state index is 5.72. The normalized spacial score (nSPS) is 32.5. The molecule has 26 heavy (non-hydrogen) atoms. The van der Waals surface area contributed by atoms with Crippen LogP contribution in [-0.4, -0.2) is 53.7 Å². The van der Waals surface area contributed by atoms with Crippen LogP contribution in [0.2, 0.25) is 0 Å². The fourth-order valence-electron chi connectivity index (χ4n) is 5.59. The molecule has 3 atom stereocenters. The van der Waals surface area contributed by atoms with Gasteiger partial charge in [0.05, 0.1) is 12.8 Å². The standard InChI is InChI=1S/C21H26N4O/c1-14-21(23-10-9-22-14)25-13-17(16-5-3-4-6-18(16)26-2)20-19(25)15-7-11-24(20)12-8-15/h3-6,9-10,15,17,19-20H,7-8,11-13H2,1-2H3/t17-,19+,20+/m0/s1. The van der Waals surface area contributed by atoms with Gasteiger partial charge in [0.2, 0.25) is 0 Å². The van der Waals surface area contributed by atoms with Gasteiger partial charge in [0.1, 0.15) is 11.6 Å². The number of benzene rings is 1. The van der Waals surface area contributed by atoms with Crippen molar-refractivity contribution in [3.63, 3.8) is 0 Å². The molecular formula is C21H26N4O. The minimum Gasteiger partial charge on any atom is -0.496 e. The minimum atomic E-state index is 0.445. The molecule has 2 aromatic rings. The van der Waals surface area contributed by atoms with Crippen molar-refractivity contribution in [1.29, 1.82) is 0 Å². The number of nitrogens with zero attached hydrogens (tertiary/aromatic N) is 4. The Kier molecular flexibility index (Phi) is 3.85. The molecule has 1 aromatic carbocycles. The first-order valence-electron chi connectivity index (χ1n) is 9.69. The number of aryl methyl sites for hydroxylation is 1. The van der Waals surface area contributed by atoms with Crippen LogP contribution in [-0.2, 0) is 0 Å². The Bertz CT molecular complexity index is 802. The van der Waals surface area contributed by atoms with E-state index in [9.17, 15) is 0 Å². The van der Waals surface area contributed by atoms with E-state index in [2.05, 4.69) is 46.0 Å². The quantitative estimate of drug-likeness (QED) is 0.851. The molecule has 4 aliphatic rings. The molecule has 136 valence electrons. The van der Waals surface area contributed by atoms with Gasteiger partial charge < -0.3 is 9.64 Å². The number of hydrogen-bond acceptors (Lipinski definition) is 5. The zero-order valence-corrected chi connectivity index (χ0v) is 15.5. The van der Waals surface area contributed by atoms with E-state index < -0.39 is 0 Å². The van der Waals surface area contributed by atoms with Gasteiger partial charge in [0, 0.05) is 42.5 Å². The average Bonchev–Trinajstić information content (AvgIpc) is 3.12. The molecule has 4 saturated heterocycles. The highest BCUT2D eigenvalue weighted by Crippen LogP contribution is 2.49. The summed E-state index contributed by atoms with van der Waals surface area (Å²) >= 11 is 0. The molecule has 5 heteroatoms. The van der Waals surface area contributed by atoms with Crippen LogP contribution in [0.1, 0.15) is 30.0 Å². The van der Waals surface area contributed by atoms with E-state index in [-0.39, 0.29) is 0 Å². The second-order valence-electron chi connectivity index (χ2n) is 7.82. The van der Waals surface area contributed by atoms with Crippen LogP contribution >= 0.6 is 0 Å². The van der Waals surface area contributed by atoms with Gasteiger partial charge >= 0.3 is 0 Å². The summed E-state index contributed by atoms with van der Waals surface area (Å²) in [5.74, 6) is 3.28. The molecule has 1 aromatic heterocycles. The average molecular weight is 350 g/mol. The third-order valence-electron chi connectivity index (χ3n) is 6.66. The first-order valence-corrected chi connectivity index (χ1v) is 9.69. The SMILES string of the molecule is COc1ccccc1[C@@H]1CN(c2nccnc2C)[C@@H]2C3CCN(CC3)[C@@H]21.